The van der Waals surface area contributed by atoms with Gasteiger partial charge >= 0.3 is 0 Å². The van der Waals surface area contributed by atoms with Crippen molar-refractivity contribution in [3.8, 4) is 5.75 Å². The van der Waals surface area contributed by atoms with Gasteiger partial charge in [0.2, 0.25) is 5.78 Å². The zero-order chi connectivity index (χ0) is 23.9. The minimum Gasteiger partial charge on any atom is -0.508 e. The SMILES string of the molecule is Cc1cc(Br)c2c(c1O)C(O)=C1C(=O)[C@]3(O)C(O)=C(C(N)=O)C(=O)[C@@H](N(C)C)[C@@H]3C[C@@H]1C2. The maximum Gasteiger partial charge on any atom is 0.255 e. The van der Waals surface area contributed by atoms with Crippen molar-refractivity contribution in [1.82, 2.24) is 4.90 Å². The summed E-state index contributed by atoms with van der Waals surface area (Å²) in [5, 5.41) is 43.9. The third-order valence-electron chi connectivity index (χ3n) is 6.86. The smallest absolute Gasteiger partial charge is 0.255 e. The number of aryl methyl sites for hydroxylation is 1. The van der Waals surface area contributed by atoms with E-state index in [0.29, 0.717) is 15.6 Å². The van der Waals surface area contributed by atoms with Gasteiger partial charge in [-0.3, -0.25) is 19.3 Å². The molecular formula is C22H23BrN2O7. The number of benzene rings is 1. The van der Waals surface area contributed by atoms with E-state index >= 15 is 0 Å². The molecule has 0 aromatic heterocycles. The lowest BCUT2D eigenvalue weighted by atomic mass is 9.57. The van der Waals surface area contributed by atoms with Gasteiger partial charge in [-0.1, -0.05) is 15.9 Å². The lowest BCUT2D eigenvalue weighted by Gasteiger charge is -2.50. The van der Waals surface area contributed by atoms with Crippen molar-refractivity contribution in [2.45, 2.75) is 31.4 Å². The number of likely N-dealkylation sites (N-methyl/N-ethyl adjacent to an activating group) is 1. The molecule has 32 heavy (non-hydrogen) atoms. The Hall–Kier alpha value is -2.69. The number of hydrogen-bond donors (Lipinski definition) is 5. The first-order chi connectivity index (χ1) is 14.8. The average molecular weight is 507 g/mol. The predicted molar refractivity (Wildman–Crippen MR) is 117 cm³/mol. The van der Waals surface area contributed by atoms with Crippen LogP contribution in [0.4, 0.5) is 0 Å². The third-order valence-corrected chi connectivity index (χ3v) is 7.56. The quantitative estimate of drug-likeness (QED) is 0.371. The summed E-state index contributed by atoms with van der Waals surface area (Å²) in [6.45, 7) is 1.64. The Bertz CT molecular complexity index is 1170. The van der Waals surface area contributed by atoms with Crippen molar-refractivity contribution in [1.29, 1.82) is 0 Å². The summed E-state index contributed by atoms with van der Waals surface area (Å²) in [6, 6.07) is 0.607. The average Bonchev–Trinajstić information content (AvgIpc) is 2.68. The highest BCUT2D eigenvalue weighted by Crippen LogP contribution is 2.53. The molecule has 170 valence electrons. The largest absolute Gasteiger partial charge is 0.508 e. The predicted octanol–water partition coefficient (Wildman–Crippen LogP) is 1.03. The Kier molecular flexibility index (Phi) is 5.03. The van der Waals surface area contributed by atoms with Crippen LogP contribution in [0, 0.1) is 18.8 Å². The van der Waals surface area contributed by atoms with Crippen LogP contribution in [-0.4, -0.2) is 68.5 Å². The van der Waals surface area contributed by atoms with E-state index < -0.39 is 58.0 Å². The van der Waals surface area contributed by atoms with E-state index in [1.807, 2.05) is 0 Å². The molecule has 0 saturated heterocycles. The van der Waals surface area contributed by atoms with Crippen LogP contribution in [0.5, 0.6) is 5.75 Å². The second-order valence-corrected chi connectivity index (χ2v) is 9.69. The van der Waals surface area contributed by atoms with Crippen molar-refractivity contribution in [2.75, 3.05) is 14.1 Å². The van der Waals surface area contributed by atoms with Crippen LogP contribution in [0.25, 0.3) is 5.76 Å². The summed E-state index contributed by atoms with van der Waals surface area (Å²) < 4.78 is 0.643. The van der Waals surface area contributed by atoms with Crippen molar-refractivity contribution in [2.24, 2.45) is 17.6 Å². The molecule has 3 aliphatic rings. The van der Waals surface area contributed by atoms with Crippen LogP contribution >= 0.6 is 15.9 Å². The number of rotatable bonds is 2. The fourth-order valence-electron chi connectivity index (χ4n) is 5.39. The number of carbonyl (C=O) groups excluding carboxylic acids is 3. The van der Waals surface area contributed by atoms with Crippen molar-refractivity contribution >= 4 is 39.2 Å². The maximum absolute atomic E-state index is 13.6. The number of nitrogens with zero attached hydrogens (tertiary/aromatic N) is 1. The molecule has 0 bridgehead atoms. The summed E-state index contributed by atoms with van der Waals surface area (Å²) in [4.78, 5) is 40.0. The van der Waals surface area contributed by atoms with E-state index in [0.717, 1.165) is 0 Å². The van der Waals surface area contributed by atoms with E-state index in [-0.39, 0.29) is 29.7 Å². The number of Topliss-reactive ketones (excluding diaryl/α,β-unsaturated/α-hetero) is 2. The summed E-state index contributed by atoms with van der Waals surface area (Å²) in [5.41, 5.74) is 2.82. The molecule has 0 unspecified atom stereocenters. The highest BCUT2D eigenvalue weighted by Gasteiger charge is 2.64. The summed E-state index contributed by atoms with van der Waals surface area (Å²) >= 11 is 3.44. The Morgan fingerprint density at radius 3 is 2.44 bits per heavy atom. The first-order valence-corrected chi connectivity index (χ1v) is 10.8. The molecule has 1 aromatic carbocycles. The molecule has 0 heterocycles. The van der Waals surface area contributed by atoms with Gasteiger partial charge in [-0.2, -0.15) is 0 Å². The monoisotopic (exact) mass is 506 g/mol. The van der Waals surface area contributed by atoms with E-state index in [9.17, 15) is 34.8 Å². The van der Waals surface area contributed by atoms with E-state index in [2.05, 4.69) is 15.9 Å². The molecule has 0 aliphatic heterocycles. The fraction of sp³-hybridized carbons (Fsp3) is 0.409. The third kappa shape index (κ3) is 2.72. The molecule has 1 fully saturated rings. The minimum atomic E-state index is -2.62. The number of aliphatic hydroxyl groups is 3. The number of ketones is 2. The number of aliphatic hydroxyl groups excluding tert-OH is 2. The molecule has 1 aromatic rings. The van der Waals surface area contributed by atoms with Crippen LogP contribution < -0.4 is 5.73 Å². The lowest BCUT2D eigenvalue weighted by Crippen LogP contribution is -2.65. The second kappa shape index (κ2) is 7.16. The maximum atomic E-state index is 13.6. The molecule has 4 atom stereocenters. The Balaban J connectivity index is 2.00. The molecule has 9 nitrogen and oxygen atoms in total. The van der Waals surface area contributed by atoms with Gasteiger partial charge in [0.05, 0.1) is 11.6 Å². The van der Waals surface area contributed by atoms with Gasteiger partial charge in [0, 0.05) is 16.0 Å². The van der Waals surface area contributed by atoms with Crippen LogP contribution in [0.1, 0.15) is 23.1 Å². The van der Waals surface area contributed by atoms with Crippen molar-refractivity contribution in [3.63, 3.8) is 0 Å². The number of halogens is 1. The normalized spacial score (nSPS) is 29.8. The molecule has 6 N–H and O–H groups in total. The standard InChI is InChI=1S/C22H23BrN2O7/c1-7-4-11(23)9-5-8-6-10-15(25(2)3)18(28)14(21(24)31)20(30)22(10,32)19(29)12(8)17(27)13(9)16(7)26/h4,8,10,15,26-27,30,32H,5-6H2,1-3H3,(H2,24,31)/t8-,10-,15-,22-/m0/s1. The minimum absolute atomic E-state index is 0.0623. The second-order valence-electron chi connectivity index (χ2n) is 8.84. The Morgan fingerprint density at radius 2 is 1.88 bits per heavy atom. The molecule has 1 saturated carbocycles. The van der Waals surface area contributed by atoms with Crippen molar-refractivity contribution in [3.05, 3.63) is 44.1 Å². The van der Waals surface area contributed by atoms with Crippen LogP contribution in [0.15, 0.2) is 27.4 Å². The van der Waals surface area contributed by atoms with E-state index in [1.54, 1.807) is 27.1 Å². The number of phenols is 1. The number of hydrogen-bond acceptors (Lipinski definition) is 8. The van der Waals surface area contributed by atoms with E-state index in [4.69, 9.17) is 5.73 Å². The number of primary amides is 1. The van der Waals surface area contributed by atoms with Gasteiger partial charge in [0.25, 0.3) is 5.91 Å². The number of phenolic OH excluding ortho intramolecular Hbond substituents is 1. The zero-order valence-corrected chi connectivity index (χ0v) is 19.2. The zero-order valence-electron chi connectivity index (χ0n) is 17.6. The Morgan fingerprint density at radius 1 is 1.25 bits per heavy atom. The molecule has 10 heteroatoms. The van der Waals surface area contributed by atoms with Gasteiger partial charge in [0.15, 0.2) is 11.4 Å². The lowest BCUT2D eigenvalue weighted by molar-refractivity contribution is -0.153. The first kappa shape index (κ1) is 22.5. The van der Waals surface area contributed by atoms with Gasteiger partial charge < -0.3 is 26.2 Å². The van der Waals surface area contributed by atoms with E-state index in [1.165, 1.54) is 4.90 Å². The van der Waals surface area contributed by atoms with Crippen LogP contribution in [0.2, 0.25) is 0 Å². The number of carbonyl (C=O) groups is 3. The fourth-order valence-corrected chi connectivity index (χ4v) is 6.10. The highest BCUT2D eigenvalue weighted by molar-refractivity contribution is 9.10. The van der Waals surface area contributed by atoms with Gasteiger partial charge in [-0.05, 0) is 57.0 Å². The van der Waals surface area contributed by atoms with Gasteiger partial charge in [-0.25, -0.2) is 0 Å². The molecule has 0 spiro atoms. The first-order valence-electron chi connectivity index (χ1n) is 9.99. The summed E-state index contributed by atoms with van der Waals surface area (Å²) in [7, 11) is 3.12. The molecule has 4 rings (SSSR count). The molecule has 3 aliphatic carbocycles. The highest BCUT2D eigenvalue weighted by atomic mass is 79.9. The molecule has 1 amide bonds. The van der Waals surface area contributed by atoms with Gasteiger partial charge in [-0.15, -0.1) is 0 Å². The topological polar surface area (TPSA) is 161 Å². The summed E-state index contributed by atoms with van der Waals surface area (Å²) in [6.07, 6.45) is 0.315. The van der Waals surface area contributed by atoms with Gasteiger partial charge in [0.1, 0.15) is 22.8 Å². The number of amides is 1. The number of fused-ring (bicyclic) bond motifs is 3. The Labute approximate surface area is 192 Å². The summed E-state index contributed by atoms with van der Waals surface area (Å²) in [5.74, 6) is -6.51. The van der Waals surface area contributed by atoms with Crippen LogP contribution in [0.3, 0.4) is 0 Å². The molecular weight excluding hydrogens is 484 g/mol. The number of nitrogens with two attached hydrogens (primary N) is 1. The van der Waals surface area contributed by atoms with Crippen LogP contribution in [-0.2, 0) is 20.8 Å². The molecule has 0 radical (unpaired) electrons. The number of aromatic hydroxyl groups is 1. The van der Waals surface area contributed by atoms with Crippen molar-refractivity contribution < 1.29 is 34.8 Å².